The molecule has 1 heterocycles. The van der Waals surface area contributed by atoms with E-state index in [1.54, 1.807) is 7.11 Å². The summed E-state index contributed by atoms with van der Waals surface area (Å²) in [5, 5.41) is 7.85. The van der Waals surface area contributed by atoms with Crippen LogP contribution >= 0.6 is 0 Å². The van der Waals surface area contributed by atoms with Gasteiger partial charge >= 0.3 is 0 Å². The van der Waals surface area contributed by atoms with Gasteiger partial charge in [-0.25, -0.2) is 0 Å². The predicted molar refractivity (Wildman–Crippen MR) is 51.7 cm³/mol. The van der Waals surface area contributed by atoms with Gasteiger partial charge < -0.3 is 15.2 Å². The van der Waals surface area contributed by atoms with E-state index >= 15 is 0 Å². The van der Waals surface area contributed by atoms with Gasteiger partial charge in [-0.05, 0) is 6.42 Å². The van der Waals surface area contributed by atoms with Crippen molar-refractivity contribution in [2.45, 2.75) is 13.0 Å². The van der Waals surface area contributed by atoms with Crippen LogP contribution in [-0.4, -0.2) is 41.9 Å². The summed E-state index contributed by atoms with van der Waals surface area (Å²) in [6.07, 6.45) is 2.43. The first kappa shape index (κ1) is 10.9. The molecule has 0 radical (unpaired) electrons. The van der Waals surface area contributed by atoms with E-state index in [-0.39, 0.29) is 0 Å². The van der Waals surface area contributed by atoms with Gasteiger partial charge in [0.15, 0.2) is 5.82 Å². The second-order valence-electron chi connectivity index (χ2n) is 2.82. The van der Waals surface area contributed by atoms with Crippen molar-refractivity contribution in [3.8, 4) is 0 Å². The van der Waals surface area contributed by atoms with Gasteiger partial charge in [-0.15, -0.1) is 5.10 Å². The van der Waals surface area contributed by atoms with Gasteiger partial charge in [0.25, 0.3) is 0 Å². The lowest BCUT2D eigenvalue weighted by Crippen LogP contribution is -2.10. The summed E-state index contributed by atoms with van der Waals surface area (Å²) in [7, 11) is 1.68. The highest BCUT2D eigenvalue weighted by Gasteiger charge is 1.95. The summed E-state index contributed by atoms with van der Waals surface area (Å²) in [5.41, 5.74) is 5.40. The van der Waals surface area contributed by atoms with E-state index < -0.39 is 0 Å². The van der Waals surface area contributed by atoms with Crippen molar-refractivity contribution in [3.05, 3.63) is 6.20 Å². The molecule has 6 heteroatoms. The fourth-order valence-electron chi connectivity index (χ4n) is 0.972. The number of hydrogen-bond acceptors (Lipinski definition) is 5. The van der Waals surface area contributed by atoms with Gasteiger partial charge in [0.05, 0.1) is 19.3 Å². The summed E-state index contributed by atoms with van der Waals surface area (Å²) in [6.45, 7) is 2.65. The Balaban J connectivity index is 1.99. The number of ether oxygens (including phenoxy) is 2. The van der Waals surface area contributed by atoms with E-state index in [2.05, 4.69) is 10.2 Å². The van der Waals surface area contributed by atoms with Crippen LogP contribution in [0.2, 0.25) is 0 Å². The zero-order valence-corrected chi connectivity index (χ0v) is 8.35. The highest BCUT2D eigenvalue weighted by molar-refractivity contribution is 5.19. The third-order valence-electron chi connectivity index (χ3n) is 1.63. The zero-order chi connectivity index (χ0) is 10.2. The summed E-state index contributed by atoms with van der Waals surface area (Å²) >= 11 is 0. The molecule has 0 aliphatic rings. The standard InChI is InChI=1S/C8H16N4O2/c1-13-4-2-5-14-6-3-12-10-7-8(9)11-12/h7H,2-6H2,1H3,(H2,9,11). The van der Waals surface area contributed by atoms with E-state index in [9.17, 15) is 0 Å². The number of hydrogen-bond donors (Lipinski definition) is 1. The van der Waals surface area contributed by atoms with E-state index in [1.807, 2.05) is 0 Å². The van der Waals surface area contributed by atoms with Crippen LogP contribution in [-0.2, 0) is 16.0 Å². The molecular weight excluding hydrogens is 184 g/mol. The molecule has 0 saturated heterocycles. The van der Waals surface area contributed by atoms with Gasteiger partial charge in [-0.3, -0.25) is 0 Å². The van der Waals surface area contributed by atoms with E-state index in [1.165, 1.54) is 11.0 Å². The molecule has 1 rings (SSSR count). The van der Waals surface area contributed by atoms with E-state index in [0.29, 0.717) is 25.6 Å². The smallest absolute Gasteiger partial charge is 0.165 e. The Bertz CT molecular complexity index is 251. The summed E-state index contributed by atoms with van der Waals surface area (Å²) in [5.74, 6) is 0.435. The van der Waals surface area contributed by atoms with Gasteiger partial charge in [0, 0.05) is 20.3 Å². The Morgan fingerprint density at radius 3 is 2.93 bits per heavy atom. The topological polar surface area (TPSA) is 75.2 Å². The van der Waals surface area contributed by atoms with E-state index in [4.69, 9.17) is 15.2 Å². The Hall–Kier alpha value is -1.14. The maximum atomic E-state index is 5.40. The SMILES string of the molecule is COCCCOCCn1ncc(N)n1. The van der Waals surface area contributed by atoms with Crippen molar-refractivity contribution in [1.29, 1.82) is 0 Å². The highest BCUT2D eigenvalue weighted by atomic mass is 16.5. The normalized spacial score (nSPS) is 10.6. The average Bonchev–Trinajstić information content (AvgIpc) is 2.58. The Kier molecular flexibility index (Phi) is 4.95. The molecule has 0 fully saturated rings. The van der Waals surface area contributed by atoms with Crippen molar-refractivity contribution in [2.75, 3.05) is 32.7 Å². The van der Waals surface area contributed by atoms with Crippen molar-refractivity contribution < 1.29 is 9.47 Å². The highest BCUT2D eigenvalue weighted by Crippen LogP contribution is 1.91. The maximum absolute atomic E-state index is 5.40. The van der Waals surface area contributed by atoms with Crippen molar-refractivity contribution in [1.82, 2.24) is 15.0 Å². The molecule has 1 aromatic heterocycles. The van der Waals surface area contributed by atoms with Crippen LogP contribution in [0, 0.1) is 0 Å². The molecule has 0 aromatic carbocycles. The molecule has 6 nitrogen and oxygen atoms in total. The lowest BCUT2D eigenvalue weighted by Gasteiger charge is -2.02. The molecule has 0 saturated carbocycles. The van der Waals surface area contributed by atoms with Crippen LogP contribution in [0.4, 0.5) is 5.82 Å². The Labute approximate surface area is 83.0 Å². The summed E-state index contributed by atoms with van der Waals surface area (Å²) in [6, 6.07) is 0. The summed E-state index contributed by atoms with van der Waals surface area (Å²) in [4.78, 5) is 1.52. The van der Waals surface area contributed by atoms with Crippen LogP contribution < -0.4 is 5.73 Å². The Morgan fingerprint density at radius 2 is 2.29 bits per heavy atom. The third-order valence-corrected chi connectivity index (χ3v) is 1.63. The maximum Gasteiger partial charge on any atom is 0.165 e. The summed E-state index contributed by atoms with van der Waals surface area (Å²) < 4.78 is 10.2. The molecule has 14 heavy (non-hydrogen) atoms. The first-order valence-corrected chi connectivity index (χ1v) is 4.55. The first-order valence-electron chi connectivity index (χ1n) is 4.55. The largest absolute Gasteiger partial charge is 0.385 e. The van der Waals surface area contributed by atoms with Crippen LogP contribution in [0.3, 0.4) is 0 Å². The van der Waals surface area contributed by atoms with Gasteiger partial charge in [-0.2, -0.15) is 9.90 Å². The molecule has 0 spiro atoms. The van der Waals surface area contributed by atoms with Gasteiger partial charge in [0.2, 0.25) is 0 Å². The van der Waals surface area contributed by atoms with Crippen LogP contribution in [0.15, 0.2) is 6.20 Å². The number of rotatable bonds is 7. The minimum absolute atomic E-state index is 0.435. The molecule has 2 N–H and O–H groups in total. The van der Waals surface area contributed by atoms with Crippen molar-refractivity contribution in [3.63, 3.8) is 0 Å². The molecule has 0 aliphatic heterocycles. The lowest BCUT2D eigenvalue weighted by molar-refractivity contribution is 0.0941. The van der Waals surface area contributed by atoms with Gasteiger partial charge in [0.1, 0.15) is 0 Å². The van der Waals surface area contributed by atoms with E-state index in [0.717, 1.165) is 13.0 Å². The molecule has 0 bridgehead atoms. The second kappa shape index (κ2) is 6.33. The Morgan fingerprint density at radius 1 is 1.43 bits per heavy atom. The van der Waals surface area contributed by atoms with Crippen molar-refractivity contribution >= 4 is 5.82 Å². The minimum atomic E-state index is 0.435. The first-order chi connectivity index (χ1) is 6.83. The monoisotopic (exact) mass is 200 g/mol. The number of aromatic nitrogens is 3. The van der Waals surface area contributed by atoms with Crippen LogP contribution in [0.5, 0.6) is 0 Å². The fraction of sp³-hybridized carbons (Fsp3) is 0.750. The number of anilines is 1. The fourth-order valence-corrected chi connectivity index (χ4v) is 0.972. The number of nitrogen functional groups attached to an aromatic ring is 1. The van der Waals surface area contributed by atoms with Crippen LogP contribution in [0.1, 0.15) is 6.42 Å². The van der Waals surface area contributed by atoms with Gasteiger partial charge in [-0.1, -0.05) is 0 Å². The molecular formula is C8H16N4O2. The van der Waals surface area contributed by atoms with Crippen LogP contribution in [0.25, 0.3) is 0 Å². The number of nitrogens with zero attached hydrogens (tertiary/aromatic N) is 3. The lowest BCUT2D eigenvalue weighted by atomic mass is 10.5. The number of methoxy groups -OCH3 is 1. The molecule has 1 aromatic rings. The average molecular weight is 200 g/mol. The predicted octanol–water partition coefficient (Wildman–Crippen LogP) is -0.0866. The molecule has 0 aliphatic carbocycles. The minimum Gasteiger partial charge on any atom is -0.385 e. The third kappa shape index (κ3) is 4.20. The quantitative estimate of drug-likeness (QED) is 0.623. The molecule has 0 unspecified atom stereocenters. The number of nitrogens with two attached hydrogens (primary N) is 1. The zero-order valence-electron chi connectivity index (χ0n) is 8.35. The molecule has 80 valence electrons. The van der Waals surface area contributed by atoms with Crippen molar-refractivity contribution in [2.24, 2.45) is 0 Å². The molecule has 0 amide bonds. The molecule has 0 atom stereocenters. The second-order valence-corrected chi connectivity index (χ2v) is 2.82.